The first-order valence-electron chi connectivity index (χ1n) is 12.7. The fourth-order valence-electron chi connectivity index (χ4n) is 5.07. The molecule has 1 aromatic heterocycles. The Hall–Kier alpha value is -3.17. The number of likely N-dealkylation sites (tertiary alicyclic amines) is 2. The average molecular weight is 528 g/mol. The number of nitrogens with one attached hydrogen (secondary N) is 1. The van der Waals surface area contributed by atoms with E-state index in [0.29, 0.717) is 46.4 Å². The number of hydrogen-bond donors (Lipinski definition) is 1. The Labute approximate surface area is 220 Å². The predicted molar refractivity (Wildman–Crippen MR) is 141 cm³/mol. The third kappa shape index (κ3) is 5.88. The van der Waals surface area contributed by atoms with E-state index in [9.17, 15) is 9.18 Å². The highest BCUT2D eigenvalue weighted by atomic mass is 35.5. The van der Waals surface area contributed by atoms with E-state index in [0.717, 1.165) is 51.7 Å². The van der Waals surface area contributed by atoms with Gasteiger partial charge in [0.15, 0.2) is 11.5 Å². The number of aromatic nitrogens is 2. The molecule has 0 spiro atoms. The first kappa shape index (κ1) is 25.5. The molecule has 8 nitrogen and oxygen atoms in total. The van der Waals surface area contributed by atoms with Crippen LogP contribution in [0.2, 0.25) is 5.02 Å². The Morgan fingerprint density at radius 2 is 1.92 bits per heavy atom. The van der Waals surface area contributed by atoms with Gasteiger partial charge in [0, 0.05) is 23.0 Å². The molecule has 3 heterocycles. The van der Waals surface area contributed by atoms with Gasteiger partial charge >= 0.3 is 0 Å². The molecule has 5 rings (SSSR count). The maximum Gasteiger partial charge on any atom is 0.237 e. The Morgan fingerprint density at radius 3 is 2.70 bits per heavy atom. The summed E-state index contributed by atoms with van der Waals surface area (Å²) in [5.74, 6) is 1.17. The van der Waals surface area contributed by atoms with Crippen molar-refractivity contribution in [3.05, 3.63) is 47.5 Å². The summed E-state index contributed by atoms with van der Waals surface area (Å²) in [6.07, 6.45) is 6.73. The second kappa shape index (κ2) is 11.5. The van der Waals surface area contributed by atoms with Crippen LogP contribution in [0.1, 0.15) is 32.1 Å². The van der Waals surface area contributed by atoms with Gasteiger partial charge in [-0.1, -0.05) is 11.6 Å². The molecule has 2 aromatic carbocycles. The molecule has 0 bridgehead atoms. The number of carbonyl (C=O) groups excluding carboxylic acids is 1. The molecular formula is C27H31ClFN5O3. The molecule has 2 fully saturated rings. The van der Waals surface area contributed by atoms with Gasteiger partial charge in [0.05, 0.1) is 30.9 Å². The van der Waals surface area contributed by atoms with Crippen LogP contribution in [-0.4, -0.2) is 71.6 Å². The molecule has 1 N–H and O–H groups in total. The first-order chi connectivity index (χ1) is 18.0. The number of anilines is 2. The second-order valence-electron chi connectivity index (χ2n) is 9.52. The third-order valence-corrected chi connectivity index (χ3v) is 7.28. The van der Waals surface area contributed by atoms with Crippen LogP contribution in [0.25, 0.3) is 10.9 Å². The highest BCUT2D eigenvalue weighted by molar-refractivity contribution is 6.30. The van der Waals surface area contributed by atoms with Crippen molar-refractivity contribution in [2.45, 2.75) is 38.1 Å². The SMILES string of the molecule is COc1cc2c(Nc3ccc(Cl)cc3F)ncnc2cc1OCC1CCCCN1C(=O)CN1CCCC1. The average Bonchev–Trinajstić information content (AvgIpc) is 3.42. The monoisotopic (exact) mass is 527 g/mol. The lowest BCUT2D eigenvalue weighted by molar-refractivity contribution is -0.136. The highest BCUT2D eigenvalue weighted by Crippen LogP contribution is 2.35. The molecule has 0 radical (unpaired) electrons. The van der Waals surface area contributed by atoms with Gasteiger partial charge in [-0.05, 0) is 69.5 Å². The zero-order valence-corrected chi connectivity index (χ0v) is 21.6. The topological polar surface area (TPSA) is 79.8 Å². The van der Waals surface area contributed by atoms with E-state index in [1.165, 1.54) is 12.4 Å². The van der Waals surface area contributed by atoms with Crippen LogP contribution in [0.4, 0.5) is 15.9 Å². The van der Waals surface area contributed by atoms with E-state index in [2.05, 4.69) is 20.2 Å². The molecule has 1 unspecified atom stereocenters. The van der Waals surface area contributed by atoms with Crippen molar-refractivity contribution in [3.63, 3.8) is 0 Å². The number of fused-ring (bicyclic) bond motifs is 1. The van der Waals surface area contributed by atoms with Crippen molar-refractivity contribution < 1.29 is 18.7 Å². The van der Waals surface area contributed by atoms with E-state index in [4.69, 9.17) is 21.1 Å². The lowest BCUT2D eigenvalue weighted by atomic mass is 10.0. The first-order valence-corrected chi connectivity index (χ1v) is 13.1. The number of hydrogen-bond acceptors (Lipinski definition) is 7. The maximum atomic E-state index is 14.4. The Bertz CT molecular complexity index is 1270. The zero-order chi connectivity index (χ0) is 25.8. The van der Waals surface area contributed by atoms with Crippen LogP contribution in [-0.2, 0) is 4.79 Å². The highest BCUT2D eigenvalue weighted by Gasteiger charge is 2.29. The molecule has 3 aromatic rings. The number of methoxy groups -OCH3 is 1. The number of rotatable bonds is 8. The van der Waals surface area contributed by atoms with Crippen molar-refractivity contribution in [3.8, 4) is 11.5 Å². The van der Waals surface area contributed by atoms with Gasteiger partial charge in [-0.15, -0.1) is 0 Å². The lowest BCUT2D eigenvalue weighted by Crippen LogP contribution is -2.49. The Morgan fingerprint density at radius 1 is 1.11 bits per heavy atom. The van der Waals surface area contributed by atoms with Gasteiger partial charge in [0.25, 0.3) is 0 Å². The molecule has 37 heavy (non-hydrogen) atoms. The van der Waals surface area contributed by atoms with Gasteiger partial charge in [-0.3, -0.25) is 9.69 Å². The van der Waals surface area contributed by atoms with E-state index < -0.39 is 5.82 Å². The van der Waals surface area contributed by atoms with E-state index >= 15 is 0 Å². The van der Waals surface area contributed by atoms with Crippen molar-refractivity contribution in [1.29, 1.82) is 0 Å². The summed E-state index contributed by atoms with van der Waals surface area (Å²) in [7, 11) is 1.57. The Balaban J connectivity index is 1.33. The summed E-state index contributed by atoms with van der Waals surface area (Å²) in [6.45, 7) is 3.62. The number of amides is 1. The second-order valence-corrected chi connectivity index (χ2v) is 9.96. The number of halogens is 2. The van der Waals surface area contributed by atoms with Gasteiger partial charge in [0.1, 0.15) is 24.6 Å². The molecule has 10 heteroatoms. The number of ether oxygens (including phenoxy) is 2. The van der Waals surface area contributed by atoms with Crippen LogP contribution in [0, 0.1) is 5.82 Å². The molecular weight excluding hydrogens is 497 g/mol. The summed E-state index contributed by atoms with van der Waals surface area (Å²) in [6, 6.07) is 7.98. The smallest absolute Gasteiger partial charge is 0.237 e. The zero-order valence-electron chi connectivity index (χ0n) is 20.9. The minimum absolute atomic E-state index is 0.0137. The number of nitrogens with zero attached hydrogens (tertiary/aromatic N) is 4. The summed E-state index contributed by atoms with van der Waals surface area (Å²) >= 11 is 5.87. The van der Waals surface area contributed by atoms with E-state index in [1.807, 2.05) is 4.90 Å². The largest absolute Gasteiger partial charge is 0.493 e. The van der Waals surface area contributed by atoms with Crippen molar-refractivity contribution in [2.24, 2.45) is 0 Å². The summed E-state index contributed by atoms with van der Waals surface area (Å²) < 4.78 is 26.2. The summed E-state index contributed by atoms with van der Waals surface area (Å²) in [5.41, 5.74) is 0.868. The summed E-state index contributed by atoms with van der Waals surface area (Å²) in [5, 5.41) is 3.98. The van der Waals surface area contributed by atoms with E-state index in [-0.39, 0.29) is 17.6 Å². The minimum Gasteiger partial charge on any atom is -0.493 e. The predicted octanol–water partition coefficient (Wildman–Crippen LogP) is 5.03. The van der Waals surface area contributed by atoms with Gasteiger partial charge < -0.3 is 19.7 Å². The van der Waals surface area contributed by atoms with Crippen molar-refractivity contribution >= 4 is 39.9 Å². The maximum absolute atomic E-state index is 14.4. The molecule has 0 saturated carbocycles. The van der Waals surface area contributed by atoms with Crippen LogP contribution >= 0.6 is 11.6 Å². The molecule has 1 atom stereocenters. The van der Waals surface area contributed by atoms with Gasteiger partial charge in [-0.25, -0.2) is 14.4 Å². The van der Waals surface area contributed by atoms with Gasteiger partial charge in [-0.2, -0.15) is 0 Å². The van der Waals surface area contributed by atoms with Crippen LogP contribution in [0.5, 0.6) is 11.5 Å². The van der Waals surface area contributed by atoms with Crippen LogP contribution < -0.4 is 14.8 Å². The fraction of sp³-hybridized carbons (Fsp3) is 0.444. The van der Waals surface area contributed by atoms with Crippen molar-refractivity contribution in [2.75, 3.05) is 45.2 Å². The number of benzene rings is 2. The summed E-state index contributed by atoms with van der Waals surface area (Å²) in [4.78, 5) is 25.9. The van der Waals surface area contributed by atoms with Crippen LogP contribution in [0.3, 0.4) is 0 Å². The Kier molecular flexibility index (Phi) is 7.90. The number of piperidine rings is 1. The quantitative estimate of drug-likeness (QED) is 0.440. The molecule has 2 saturated heterocycles. The standard InChI is InChI=1S/C27H31ClFN5O3/c1-36-24-13-20-23(30-17-31-27(20)32-22-8-7-18(28)12-21(22)29)14-25(24)37-16-19-6-2-3-11-34(19)26(35)15-33-9-4-5-10-33/h7-8,12-14,17,19H,2-6,9-11,15-16H2,1H3,(H,30,31,32). The van der Waals surface area contributed by atoms with Gasteiger partial charge in [0.2, 0.25) is 5.91 Å². The van der Waals surface area contributed by atoms with E-state index in [1.54, 1.807) is 31.4 Å². The normalized spacial score (nSPS) is 18.2. The molecule has 2 aliphatic rings. The molecule has 0 aliphatic carbocycles. The van der Waals surface area contributed by atoms with Crippen molar-refractivity contribution in [1.82, 2.24) is 19.8 Å². The minimum atomic E-state index is -0.484. The molecule has 2 aliphatic heterocycles. The van der Waals surface area contributed by atoms with Crippen LogP contribution in [0.15, 0.2) is 36.7 Å². The molecule has 1 amide bonds. The number of carbonyl (C=O) groups is 1. The molecule has 196 valence electrons. The third-order valence-electron chi connectivity index (χ3n) is 7.04. The lowest BCUT2D eigenvalue weighted by Gasteiger charge is -2.36. The fourth-order valence-corrected chi connectivity index (χ4v) is 5.22.